The van der Waals surface area contributed by atoms with Crippen LogP contribution in [-0.2, 0) is 4.74 Å². The van der Waals surface area contributed by atoms with Crippen LogP contribution < -0.4 is 5.32 Å². The van der Waals surface area contributed by atoms with Gasteiger partial charge in [0.15, 0.2) is 0 Å². The third-order valence-corrected chi connectivity index (χ3v) is 1.43. The quantitative estimate of drug-likeness (QED) is 0.547. The second-order valence-corrected chi connectivity index (χ2v) is 2.23. The summed E-state index contributed by atoms with van der Waals surface area (Å²) in [5, 5.41) is 3.31. The molecule has 1 rings (SSSR count). The molecule has 0 amide bonds. The van der Waals surface area contributed by atoms with Crippen LogP contribution in [0.3, 0.4) is 0 Å². The highest BCUT2D eigenvalue weighted by atomic mass is 16.5. The highest BCUT2D eigenvalue weighted by molar-refractivity contribution is 4.97. The number of nitrogens with one attached hydrogen (secondary N) is 1. The molecular weight excluding hydrogens is 114 g/mol. The molecule has 0 saturated heterocycles. The molecule has 1 aliphatic heterocycles. The zero-order chi connectivity index (χ0) is 6.53. The normalized spacial score (nSPS) is 26.6. The molecule has 2 heteroatoms. The summed E-state index contributed by atoms with van der Waals surface area (Å²) in [6.07, 6.45) is 5.51. The lowest BCUT2D eigenvalue weighted by Gasteiger charge is -2.16. The van der Waals surface area contributed by atoms with Crippen molar-refractivity contribution in [1.29, 1.82) is 0 Å². The van der Waals surface area contributed by atoms with Gasteiger partial charge in [-0.05, 0) is 13.0 Å². The van der Waals surface area contributed by atoms with Crippen molar-refractivity contribution in [2.75, 3.05) is 20.3 Å². The van der Waals surface area contributed by atoms with Gasteiger partial charge in [-0.15, -0.1) is 0 Å². The Hall–Kier alpha value is -0.340. The van der Waals surface area contributed by atoms with Gasteiger partial charge in [0.1, 0.15) is 0 Å². The second-order valence-electron chi connectivity index (χ2n) is 2.23. The third-order valence-electron chi connectivity index (χ3n) is 1.43. The zero-order valence-corrected chi connectivity index (χ0v) is 5.76. The molecule has 0 fully saturated rings. The van der Waals surface area contributed by atoms with E-state index in [1.165, 1.54) is 0 Å². The Kier molecular flexibility index (Phi) is 2.74. The molecule has 0 saturated carbocycles. The average Bonchev–Trinajstić information content (AvgIpc) is 1.91. The van der Waals surface area contributed by atoms with Crippen molar-refractivity contribution < 1.29 is 4.74 Å². The first kappa shape index (κ1) is 6.78. The van der Waals surface area contributed by atoms with Crippen LogP contribution in [0.2, 0.25) is 0 Å². The van der Waals surface area contributed by atoms with Gasteiger partial charge in [-0.3, -0.25) is 0 Å². The molecule has 1 unspecified atom stereocenters. The van der Waals surface area contributed by atoms with Crippen LogP contribution in [-0.4, -0.2) is 26.3 Å². The van der Waals surface area contributed by atoms with Crippen LogP contribution in [0.15, 0.2) is 12.2 Å². The van der Waals surface area contributed by atoms with E-state index in [0.29, 0.717) is 6.04 Å². The maximum atomic E-state index is 4.97. The molecule has 2 nitrogen and oxygen atoms in total. The number of methoxy groups -OCH3 is 1. The molecule has 0 radical (unpaired) electrons. The first-order valence-corrected chi connectivity index (χ1v) is 3.32. The Morgan fingerprint density at radius 3 is 3.22 bits per heavy atom. The van der Waals surface area contributed by atoms with Crippen LogP contribution in [0.4, 0.5) is 0 Å². The summed E-state index contributed by atoms with van der Waals surface area (Å²) in [4.78, 5) is 0. The van der Waals surface area contributed by atoms with Crippen LogP contribution in [0.25, 0.3) is 0 Å². The van der Waals surface area contributed by atoms with Gasteiger partial charge in [-0.2, -0.15) is 0 Å². The molecular formula is C7H13NO. The van der Waals surface area contributed by atoms with Gasteiger partial charge in [0.25, 0.3) is 0 Å². The summed E-state index contributed by atoms with van der Waals surface area (Å²) in [6, 6.07) is 0.448. The zero-order valence-electron chi connectivity index (χ0n) is 5.76. The standard InChI is InChI=1S/C7H13NO/c1-9-6-7-4-2-3-5-8-7/h2,4,7-8H,3,5-6H2,1H3. The number of ether oxygens (including phenoxy) is 1. The van der Waals surface area contributed by atoms with Crippen molar-refractivity contribution in [1.82, 2.24) is 5.32 Å². The minimum absolute atomic E-state index is 0.448. The first-order chi connectivity index (χ1) is 4.43. The smallest absolute Gasteiger partial charge is 0.0651 e. The molecule has 1 heterocycles. The lowest BCUT2D eigenvalue weighted by atomic mass is 10.2. The van der Waals surface area contributed by atoms with Crippen molar-refractivity contribution >= 4 is 0 Å². The Morgan fingerprint density at radius 1 is 1.78 bits per heavy atom. The topological polar surface area (TPSA) is 21.3 Å². The van der Waals surface area contributed by atoms with E-state index in [-0.39, 0.29) is 0 Å². The lowest BCUT2D eigenvalue weighted by molar-refractivity contribution is 0.179. The Morgan fingerprint density at radius 2 is 2.67 bits per heavy atom. The maximum Gasteiger partial charge on any atom is 0.0651 e. The van der Waals surface area contributed by atoms with E-state index in [1.54, 1.807) is 7.11 Å². The molecule has 0 aromatic heterocycles. The van der Waals surface area contributed by atoms with E-state index in [2.05, 4.69) is 17.5 Å². The number of hydrogen-bond donors (Lipinski definition) is 1. The summed E-state index contributed by atoms with van der Waals surface area (Å²) >= 11 is 0. The van der Waals surface area contributed by atoms with E-state index in [0.717, 1.165) is 19.6 Å². The molecule has 0 bridgehead atoms. The lowest BCUT2D eigenvalue weighted by Crippen LogP contribution is -2.34. The van der Waals surface area contributed by atoms with Gasteiger partial charge in [-0.1, -0.05) is 12.2 Å². The summed E-state index contributed by atoms with van der Waals surface area (Å²) in [5.41, 5.74) is 0. The van der Waals surface area contributed by atoms with E-state index in [9.17, 15) is 0 Å². The fraction of sp³-hybridized carbons (Fsp3) is 0.714. The van der Waals surface area contributed by atoms with Gasteiger partial charge in [-0.25, -0.2) is 0 Å². The molecule has 1 aliphatic rings. The fourth-order valence-electron chi connectivity index (χ4n) is 0.975. The SMILES string of the molecule is COCC1C=CCCN1. The summed E-state index contributed by atoms with van der Waals surface area (Å²) in [6.45, 7) is 1.88. The predicted molar refractivity (Wildman–Crippen MR) is 37.4 cm³/mol. The molecule has 0 aromatic rings. The molecule has 0 aliphatic carbocycles. The third kappa shape index (κ3) is 2.16. The highest BCUT2D eigenvalue weighted by Crippen LogP contribution is 1.96. The van der Waals surface area contributed by atoms with Gasteiger partial charge >= 0.3 is 0 Å². The molecule has 1 atom stereocenters. The van der Waals surface area contributed by atoms with E-state index < -0.39 is 0 Å². The molecule has 9 heavy (non-hydrogen) atoms. The van der Waals surface area contributed by atoms with Gasteiger partial charge < -0.3 is 10.1 Å². The Balaban J connectivity index is 2.23. The van der Waals surface area contributed by atoms with E-state index in [1.807, 2.05) is 0 Å². The van der Waals surface area contributed by atoms with Crippen molar-refractivity contribution in [2.24, 2.45) is 0 Å². The van der Waals surface area contributed by atoms with E-state index in [4.69, 9.17) is 4.74 Å². The molecule has 0 spiro atoms. The largest absolute Gasteiger partial charge is 0.383 e. The average molecular weight is 127 g/mol. The maximum absolute atomic E-state index is 4.97. The number of hydrogen-bond acceptors (Lipinski definition) is 2. The van der Waals surface area contributed by atoms with Crippen molar-refractivity contribution in [3.8, 4) is 0 Å². The van der Waals surface area contributed by atoms with Crippen LogP contribution >= 0.6 is 0 Å². The Labute approximate surface area is 55.9 Å². The molecule has 1 N–H and O–H groups in total. The summed E-state index contributed by atoms with van der Waals surface area (Å²) in [7, 11) is 1.73. The van der Waals surface area contributed by atoms with Gasteiger partial charge in [0.2, 0.25) is 0 Å². The summed E-state index contributed by atoms with van der Waals surface area (Å²) < 4.78 is 4.97. The minimum Gasteiger partial charge on any atom is -0.383 e. The van der Waals surface area contributed by atoms with Crippen molar-refractivity contribution in [3.63, 3.8) is 0 Å². The van der Waals surface area contributed by atoms with E-state index >= 15 is 0 Å². The van der Waals surface area contributed by atoms with Crippen LogP contribution in [0.1, 0.15) is 6.42 Å². The monoisotopic (exact) mass is 127 g/mol. The summed E-state index contributed by atoms with van der Waals surface area (Å²) in [5.74, 6) is 0. The molecule has 52 valence electrons. The number of rotatable bonds is 2. The minimum atomic E-state index is 0.448. The Bertz CT molecular complexity index is 101. The molecule has 0 aromatic carbocycles. The van der Waals surface area contributed by atoms with Crippen molar-refractivity contribution in [2.45, 2.75) is 12.5 Å². The predicted octanol–water partition coefficient (Wildman–Crippen LogP) is 0.551. The van der Waals surface area contributed by atoms with Crippen molar-refractivity contribution in [3.05, 3.63) is 12.2 Å². The van der Waals surface area contributed by atoms with Crippen LogP contribution in [0, 0.1) is 0 Å². The highest BCUT2D eigenvalue weighted by Gasteiger charge is 2.04. The second kappa shape index (κ2) is 3.64. The van der Waals surface area contributed by atoms with Gasteiger partial charge in [0, 0.05) is 13.2 Å². The van der Waals surface area contributed by atoms with Gasteiger partial charge in [0.05, 0.1) is 6.61 Å². The van der Waals surface area contributed by atoms with Crippen LogP contribution in [0.5, 0.6) is 0 Å². The fourth-order valence-corrected chi connectivity index (χ4v) is 0.975. The first-order valence-electron chi connectivity index (χ1n) is 3.32.